The van der Waals surface area contributed by atoms with Crippen LogP contribution in [-0.2, 0) is 10.2 Å². The van der Waals surface area contributed by atoms with Gasteiger partial charge in [-0.15, -0.1) is 0 Å². The molecule has 0 aromatic rings. The lowest BCUT2D eigenvalue weighted by molar-refractivity contribution is -0.121. The molecule has 0 aliphatic heterocycles. The average Bonchev–Trinajstić information content (AvgIpc) is 2.63. The molecule has 1 rings (SSSR count). The summed E-state index contributed by atoms with van der Waals surface area (Å²) in [5.74, 6) is 0. The predicted octanol–water partition coefficient (Wildman–Crippen LogP) is 1.76. The first-order valence-corrected chi connectivity index (χ1v) is 8.65. The van der Waals surface area contributed by atoms with Crippen LogP contribution in [0.25, 0.3) is 0 Å². The fourth-order valence-corrected chi connectivity index (χ4v) is 4.56. The molecule has 0 heterocycles. The highest BCUT2D eigenvalue weighted by molar-refractivity contribution is 7.87. The average molecular weight is 331 g/mol. The van der Waals surface area contributed by atoms with Crippen molar-refractivity contribution in [2.45, 2.75) is 57.2 Å². The molecule has 9 heteroatoms. The van der Waals surface area contributed by atoms with Crippen LogP contribution in [0.1, 0.15) is 45.4 Å². The highest BCUT2D eigenvalue weighted by Gasteiger charge is 2.42. The molecule has 0 spiro atoms. The molecule has 0 aromatic carbocycles. The number of hydrogen-bond donors (Lipinski definition) is 2. The highest BCUT2D eigenvalue weighted by atomic mass is 32.2. The molecule has 0 amide bonds. The summed E-state index contributed by atoms with van der Waals surface area (Å²) in [7, 11) is -4.21. The molecule has 1 saturated carbocycles. The van der Waals surface area contributed by atoms with Gasteiger partial charge in [-0.1, -0.05) is 32.6 Å². The molecule has 1 aliphatic carbocycles. The van der Waals surface area contributed by atoms with E-state index < -0.39 is 28.5 Å². The summed E-state index contributed by atoms with van der Waals surface area (Å²) in [5.41, 5.74) is 5.03. The van der Waals surface area contributed by atoms with Crippen molar-refractivity contribution in [3.63, 3.8) is 0 Å². The third-order valence-corrected chi connectivity index (χ3v) is 5.71. The van der Waals surface area contributed by atoms with Crippen LogP contribution in [-0.4, -0.2) is 44.1 Å². The van der Waals surface area contributed by atoms with Crippen LogP contribution < -0.4 is 10.5 Å². The molecular weight excluding hydrogens is 307 g/mol. The summed E-state index contributed by atoms with van der Waals surface area (Å²) >= 11 is 0. The van der Waals surface area contributed by atoms with E-state index in [1.807, 2.05) is 0 Å². The van der Waals surface area contributed by atoms with E-state index in [1.165, 1.54) is 0 Å². The smallest absolute Gasteiger partial charge is 0.329 e. The van der Waals surface area contributed by atoms with Gasteiger partial charge in [0.05, 0.1) is 0 Å². The van der Waals surface area contributed by atoms with Gasteiger partial charge in [0, 0.05) is 18.6 Å². The molecule has 1 fully saturated rings. The van der Waals surface area contributed by atoms with Crippen LogP contribution in [0, 0.1) is 0 Å². The van der Waals surface area contributed by atoms with E-state index in [-0.39, 0.29) is 13.1 Å². The Bertz CT molecular complexity index is 418. The maximum Gasteiger partial charge on any atom is 0.402 e. The Labute approximate surface area is 124 Å². The van der Waals surface area contributed by atoms with Gasteiger partial charge in [-0.3, -0.25) is 0 Å². The summed E-state index contributed by atoms with van der Waals surface area (Å²) in [6.45, 7) is 0.278. The molecule has 126 valence electrons. The summed E-state index contributed by atoms with van der Waals surface area (Å²) in [4.78, 5) is 0. The van der Waals surface area contributed by atoms with Gasteiger partial charge in [-0.25, -0.2) is 0 Å². The number of nitrogens with two attached hydrogens (primary N) is 1. The number of likely N-dealkylation sites (N-methyl/N-ethyl adjacent to an activating group) is 1. The molecule has 0 aromatic heterocycles. The van der Waals surface area contributed by atoms with Gasteiger partial charge in [0.15, 0.2) is 0 Å². The molecular formula is C12H24F3N3O2S. The molecule has 0 unspecified atom stereocenters. The fraction of sp³-hybridized carbons (Fsp3) is 1.00. The van der Waals surface area contributed by atoms with Gasteiger partial charge < -0.3 is 5.73 Å². The summed E-state index contributed by atoms with van der Waals surface area (Å²) in [6.07, 6.45) is 0.260. The molecule has 0 radical (unpaired) electrons. The van der Waals surface area contributed by atoms with Crippen molar-refractivity contribution in [2.75, 3.05) is 19.6 Å². The van der Waals surface area contributed by atoms with E-state index in [0.717, 1.165) is 30.0 Å². The minimum Gasteiger partial charge on any atom is -0.329 e. The number of hydrogen-bond acceptors (Lipinski definition) is 3. The van der Waals surface area contributed by atoms with E-state index in [1.54, 1.807) is 11.6 Å². The highest BCUT2D eigenvalue weighted by Crippen LogP contribution is 2.33. The number of halogens is 3. The van der Waals surface area contributed by atoms with E-state index in [0.29, 0.717) is 12.8 Å². The Morgan fingerprint density at radius 2 is 1.71 bits per heavy atom. The first kappa shape index (κ1) is 18.7. The summed E-state index contributed by atoms with van der Waals surface area (Å²) in [6, 6.07) is 0. The van der Waals surface area contributed by atoms with E-state index in [9.17, 15) is 21.6 Å². The molecule has 0 atom stereocenters. The Morgan fingerprint density at radius 3 is 2.10 bits per heavy atom. The zero-order valence-corrected chi connectivity index (χ0v) is 13.1. The largest absolute Gasteiger partial charge is 0.402 e. The second-order valence-corrected chi connectivity index (χ2v) is 7.13. The quantitative estimate of drug-likeness (QED) is 0.728. The molecule has 0 bridgehead atoms. The van der Waals surface area contributed by atoms with Crippen molar-refractivity contribution in [1.29, 1.82) is 0 Å². The first-order valence-electron chi connectivity index (χ1n) is 7.21. The fourth-order valence-electron chi connectivity index (χ4n) is 2.95. The maximum atomic E-state index is 12.3. The van der Waals surface area contributed by atoms with Crippen LogP contribution in [0.3, 0.4) is 0 Å². The third kappa shape index (κ3) is 5.08. The lowest BCUT2D eigenvalue weighted by Gasteiger charge is -2.41. The zero-order chi connectivity index (χ0) is 16.1. The predicted molar refractivity (Wildman–Crippen MR) is 74.8 cm³/mol. The first-order chi connectivity index (χ1) is 9.67. The van der Waals surface area contributed by atoms with Gasteiger partial charge in [0.2, 0.25) is 0 Å². The second-order valence-electron chi connectivity index (χ2n) is 5.45. The van der Waals surface area contributed by atoms with Gasteiger partial charge in [0.25, 0.3) is 10.2 Å². The van der Waals surface area contributed by atoms with Gasteiger partial charge in [-0.05, 0) is 12.8 Å². The molecule has 21 heavy (non-hydrogen) atoms. The van der Waals surface area contributed by atoms with Crippen molar-refractivity contribution in [2.24, 2.45) is 5.73 Å². The van der Waals surface area contributed by atoms with Crippen LogP contribution in [0.5, 0.6) is 0 Å². The minimum atomic E-state index is -4.58. The lowest BCUT2D eigenvalue weighted by atomic mass is 9.90. The maximum absolute atomic E-state index is 12.3. The van der Waals surface area contributed by atoms with E-state index >= 15 is 0 Å². The minimum absolute atomic E-state index is 0.102. The van der Waals surface area contributed by atoms with Crippen molar-refractivity contribution in [1.82, 2.24) is 9.03 Å². The van der Waals surface area contributed by atoms with E-state index in [2.05, 4.69) is 0 Å². The molecule has 3 N–H and O–H groups in total. The Kier molecular flexibility index (Phi) is 6.45. The number of nitrogens with zero attached hydrogens (tertiary/aromatic N) is 1. The molecule has 0 saturated heterocycles. The number of nitrogens with one attached hydrogen (secondary N) is 1. The Morgan fingerprint density at radius 1 is 1.19 bits per heavy atom. The van der Waals surface area contributed by atoms with Crippen molar-refractivity contribution in [3.05, 3.63) is 0 Å². The molecule has 5 nitrogen and oxygen atoms in total. The van der Waals surface area contributed by atoms with Gasteiger partial charge in [-0.2, -0.15) is 30.6 Å². The molecule has 1 aliphatic rings. The van der Waals surface area contributed by atoms with Crippen molar-refractivity contribution in [3.8, 4) is 0 Å². The van der Waals surface area contributed by atoms with Crippen molar-refractivity contribution >= 4 is 10.2 Å². The summed E-state index contributed by atoms with van der Waals surface area (Å²) in [5, 5.41) is 0. The normalized spacial score (nSPS) is 20.5. The van der Waals surface area contributed by atoms with Crippen LogP contribution in [0.15, 0.2) is 0 Å². The second kappa shape index (κ2) is 7.26. The topological polar surface area (TPSA) is 75.4 Å². The lowest BCUT2D eigenvalue weighted by Crippen LogP contribution is -2.59. The standard InChI is InChI=1S/C12H24F3N3O2S/c1-2-18(21(19,20)17-10-12(13,14)15)11(9-16)7-5-3-4-6-8-11/h17H,2-10,16H2,1H3. The number of rotatable bonds is 6. The van der Waals surface area contributed by atoms with Crippen LogP contribution in [0.2, 0.25) is 0 Å². The Balaban J connectivity index is 2.96. The van der Waals surface area contributed by atoms with Crippen LogP contribution in [0.4, 0.5) is 13.2 Å². The van der Waals surface area contributed by atoms with Gasteiger partial charge >= 0.3 is 6.18 Å². The summed E-state index contributed by atoms with van der Waals surface area (Å²) < 4.78 is 64.1. The van der Waals surface area contributed by atoms with Gasteiger partial charge in [0.1, 0.15) is 6.54 Å². The van der Waals surface area contributed by atoms with E-state index in [4.69, 9.17) is 5.73 Å². The third-order valence-electron chi connectivity index (χ3n) is 3.98. The zero-order valence-electron chi connectivity index (χ0n) is 12.2. The van der Waals surface area contributed by atoms with Crippen LogP contribution >= 0.6 is 0 Å². The Hall–Kier alpha value is -0.380. The number of alkyl halides is 3. The monoisotopic (exact) mass is 331 g/mol. The SMILES string of the molecule is CCN(C1(CN)CCCCCC1)S(=O)(=O)NCC(F)(F)F. The van der Waals surface area contributed by atoms with Crippen molar-refractivity contribution < 1.29 is 21.6 Å².